The molecule has 19 heavy (non-hydrogen) atoms. The van der Waals surface area contributed by atoms with Gasteiger partial charge in [-0.25, -0.2) is 4.39 Å². The van der Waals surface area contributed by atoms with E-state index < -0.39 is 35.7 Å². The van der Waals surface area contributed by atoms with Gasteiger partial charge in [0.25, 0.3) is 0 Å². The largest absolute Gasteiger partial charge is 0.402 e. The Labute approximate surface area is 102 Å². The maximum atomic E-state index is 13.3. The summed E-state index contributed by atoms with van der Waals surface area (Å²) in [6.45, 7) is 0. The van der Waals surface area contributed by atoms with Gasteiger partial charge < -0.3 is 0 Å². The molecule has 3 nitrogen and oxygen atoms in total. The van der Waals surface area contributed by atoms with Crippen molar-refractivity contribution in [3.8, 4) is 0 Å². The minimum atomic E-state index is -5.63. The molecule has 0 fully saturated rings. The fraction of sp³-hybridized carbons (Fsp3) is 0.444. The van der Waals surface area contributed by atoms with Gasteiger partial charge in [-0.2, -0.15) is 26.3 Å². The van der Waals surface area contributed by atoms with Crippen LogP contribution in [-0.2, 0) is 0 Å². The molecule has 1 aromatic heterocycles. The molecule has 1 unspecified atom stereocenters. The molecule has 0 aliphatic heterocycles. The van der Waals surface area contributed by atoms with Crippen LogP contribution in [0.4, 0.5) is 30.7 Å². The number of alkyl halides is 6. The van der Waals surface area contributed by atoms with Crippen LogP contribution in [-0.4, -0.2) is 17.3 Å². The molecule has 1 heterocycles. The standard InChI is InChI=1S/C9H8F7N3/c10-5-3-18-2-1-4(5)6(19-17)7(8(11,12)13)9(14,15)16/h1-3,6-7,19H,17H2. The maximum Gasteiger partial charge on any atom is 0.402 e. The van der Waals surface area contributed by atoms with Crippen LogP contribution in [0.2, 0.25) is 0 Å². The number of nitrogens with one attached hydrogen (secondary N) is 1. The number of hydrogen-bond acceptors (Lipinski definition) is 3. The maximum absolute atomic E-state index is 13.3. The van der Waals surface area contributed by atoms with Gasteiger partial charge in [-0.3, -0.25) is 16.3 Å². The summed E-state index contributed by atoms with van der Waals surface area (Å²) in [6.07, 6.45) is -9.90. The molecule has 0 radical (unpaired) electrons. The lowest BCUT2D eigenvalue weighted by atomic mass is 9.92. The molecular formula is C9H8F7N3. The van der Waals surface area contributed by atoms with Crippen molar-refractivity contribution in [2.24, 2.45) is 11.8 Å². The first-order valence-electron chi connectivity index (χ1n) is 4.78. The van der Waals surface area contributed by atoms with Gasteiger partial charge in [0.1, 0.15) is 5.82 Å². The highest BCUT2D eigenvalue weighted by Gasteiger charge is 2.60. The van der Waals surface area contributed by atoms with E-state index in [1.807, 2.05) is 0 Å². The number of hydrazine groups is 1. The highest BCUT2D eigenvalue weighted by atomic mass is 19.4. The predicted molar refractivity (Wildman–Crippen MR) is 49.9 cm³/mol. The van der Waals surface area contributed by atoms with Gasteiger partial charge in [-0.05, 0) is 6.07 Å². The quantitative estimate of drug-likeness (QED) is 0.511. The molecule has 0 saturated carbocycles. The second kappa shape index (κ2) is 5.29. The summed E-state index contributed by atoms with van der Waals surface area (Å²) in [7, 11) is 0. The SMILES string of the molecule is NNC(c1ccncc1F)C(C(F)(F)F)C(F)(F)F. The van der Waals surface area contributed by atoms with Gasteiger partial charge >= 0.3 is 12.4 Å². The summed E-state index contributed by atoms with van der Waals surface area (Å²) >= 11 is 0. The molecule has 10 heteroatoms. The number of rotatable bonds is 3. The van der Waals surface area contributed by atoms with E-state index in [1.165, 1.54) is 5.43 Å². The zero-order valence-electron chi connectivity index (χ0n) is 9.06. The van der Waals surface area contributed by atoms with Gasteiger partial charge in [0.15, 0.2) is 5.92 Å². The van der Waals surface area contributed by atoms with E-state index in [-0.39, 0.29) is 0 Å². The summed E-state index contributed by atoms with van der Waals surface area (Å²) in [5.74, 6) is -0.416. The molecule has 1 atom stereocenters. The van der Waals surface area contributed by atoms with Crippen molar-refractivity contribution in [2.75, 3.05) is 0 Å². The number of nitrogens with zero attached hydrogens (tertiary/aromatic N) is 1. The highest BCUT2D eigenvalue weighted by Crippen LogP contribution is 2.46. The topological polar surface area (TPSA) is 50.9 Å². The van der Waals surface area contributed by atoms with Gasteiger partial charge in [-0.1, -0.05) is 0 Å². The van der Waals surface area contributed by atoms with Crippen molar-refractivity contribution in [1.29, 1.82) is 0 Å². The average Bonchev–Trinajstić information content (AvgIpc) is 2.23. The zero-order valence-corrected chi connectivity index (χ0v) is 9.06. The second-order valence-corrected chi connectivity index (χ2v) is 3.60. The van der Waals surface area contributed by atoms with Gasteiger partial charge in [0, 0.05) is 11.8 Å². The van der Waals surface area contributed by atoms with Crippen LogP contribution >= 0.6 is 0 Å². The van der Waals surface area contributed by atoms with Crippen LogP contribution in [0.1, 0.15) is 11.6 Å². The predicted octanol–water partition coefficient (Wildman–Crippen LogP) is 2.47. The average molecular weight is 291 g/mol. The Bertz CT molecular complexity index is 415. The Morgan fingerprint density at radius 1 is 1.11 bits per heavy atom. The Morgan fingerprint density at radius 3 is 2.00 bits per heavy atom. The molecule has 108 valence electrons. The highest BCUT2D eigenvalue weighted by molar-refractivity contribution is 5.19. The Hall–Kier alpha value is -1.42. The Kier molecular flexibility index (Phi) is 4.35. The van der Waals surface area contributed by atoms with Crippen LogP contribution < -0.4 is 11.3 Å². The van der Waals surface area contributed by atoms with Gasteiger partial charge in [0.2, 0.25) is 0 Å². The van der Waals surface area contributed by atoms with E-state index in [4.69, 9.17) is 5.84 Å². The molecule has 0 aliphatic rings. The third kappa shape index (κ3) is 3.53. The zero-order chi connectivity index (χ0) is 14.8. The van der Waals surface area contributed by atoms with Crippen LogP contribution in [0.25, 0.3) is 0 Å². The number of nitrogens with two attached hydrogens (primary N) is 1. The first-order valence-corrected chi connectivity index (χ1v) is 4.78. The molecule has 0 aliphatic carbocycles. The van der Waals surface area contributed by atoms with Gasteiger partial charge in [0.05, 0.1) is 12.2 Å². The van der Waals surface area contributed by atoms with E-state index in [0.717, 1.165) is 6.20 Å². The van der Waals surface area contributed by atoms with E-state index in [0.29, 0.717) is 12.3 Å². The smallest absolute Gasteiger partial charge is 0.271 e. The number of hydrogen-bond donors (Lipinski definition) is 2. The Balaban J connectivity index is 3.30. The van der Waals surface area contributed by atoms with E-state index in [1.54, 1.807) is 0 Å². The lowest BCUT2D eigenvalue weighted by Crippen LogP contribution is -2.48. The van der Waals surface area contributed by atoms with Crippen LogP contribution in [0, 0.1) is 11.7 Å². The summed E-state index contributed by atoms with van der Waals surface area (Å²) < 4.78 is 88.4. The molecular weight excluding hydrogens is 283 g/mol. The lowest BCUT2D eigenvalue weighted by molar-refractivity contribution is -0.293. The number of pyridine rings is 1. The summed E-state index contributed by atoms with van der Waals surface area (Å²) in [6, 6.07) is -1.80. The number of halogens is 7. The fourth-order valence-corrected chi connectivity index (χ4v) is 1.57. The third-order valence-corrected chi connectivity index (χ3v) is 2.36. The fourth-order valence-electron chi connectivity index (χ4n) is 1.57. The molecule has 0 spiro atoms. The molecule has 0 bridgehead atoms. The third-order valence-electron chi connectivity index (χ3n) is 2.36. The molecule has 3 N–H and O–H groups in total. The number of aromatic nitrogens is 1. The van der Waals surface area contributed by atoms with Crippen molar-refractivity contribution in [3.63, 3.8) is 0 Å². The van der Waals surface area contributed by atoms with Crippen LogP contribution in [0.3, 0.4) is 0 Å². The monoisotopic (exact) mass is 291 g/mol. The normalized spacial score (nSPS) is 14.8. The van der Waals surface area contributed by atoms with E-state index in [2.05, 4.69) is 4.98 Å². The van der Waals surface area contributed by atoms with E-state index >= 15 is 0 Å². The minimum Gasteiger partial charge on any atom is -0.271 e. The van der Waals surface area contributed by atoms with Crippen molar-refractivity contribution < 1.29 is 30.7 Å². The van der Waals surface area contributed by atoms with Crippen molar-refractivity contribution in [1.82, 2.24) is 10.4 Å². The van der Waals surface area contributed by atoms with Crippen molar-refractivity contribution in [3.05, 3.63) is 29.8 Å². The summed E-state index contributed by atoms with van der Waals surface area (Å²) in [5, 5.41) is 0. The second-order valence-electron chi connectivity index (χ2n) is 3.60. The first-order chi connectivity index (χ1) is 8.59. The van der Waals surface area contributed by atoms with Crippen LogP contribution in [0.5, 0.6) is 0 Å². The van der Waals surface area contributed by atoms with Crippen molar-refractivity contribution >= 4 is 0 Å². The van der Waals surface area contributed by atoms with Crippen molar-refractivity contribution in [2.45, 2.75) is 18.4 Å². The molecule has 0 amide bonds. The molecule has 0 saturated heterocycles. The lowest BCUT2D eigenvalue weighted by Gasteiger charge is -2.30. The molecule has 0 aromatic carbocycles. The molecule has 1 aromatic rings. The first kappa shape index (κ1) is 15.6. The summed E-state index contributed by atoms with van der Waals surface area (Å²) in [5.41, 5.74) is 0.501. The van der Waals surface area contributed by atoms with E-state index in [9.17, 15) is 30.7 Å². The molecule has 1 rings (SSSR count). The Morgan fingerprint density at radius 2 is 1.63 bits per heavy atom. The van der Waals surface area contributed by atoms with Gasteiger partial charge in [-0.15, -0.1) is 0 Å². The van der Waals surface area contributed by atoms with Crippen LogP contribution in [0.15, 0.2) is 18.5 Å². The summed E-state index contributed by atoms with van der Waals surface area (Å²) in [4.78, 5) is 3.24. The minimum absolute atomic E-state index is 0.503.